The van der Waals surface area contributed by atoms with Crippen LogP contribution in [0.15, 0.2) is 42.5 Å². The molecule has 0 bridgehead atoms. The van der Waals surface area contributed by atoms with Crippen molar-refractivity contribution in [2.24, 2.45) is 0 Å². The molecule has 3 nitrogen and oxygen atoms in total. The SMILES string of the molecule is O=C1CC(c2c(F)cccc2Cl)c2[nH]c3ccccc3c2N1. The van der Waals surface area contributed by atoms with Crippen molar-refractivity contribution < 1.29 is 9.18 Å². The summed E-state index contributed by atoms with van der Waals surface area (Å²) in [6, 6.07) is 12.3. The molecular formula is C17H12ClFN2O. The summed E-state index contributed by atoms with van der Waals surface area (Å²) >= 11 is 6.19. The van der Waals surface area contributed by atoms with Gasteiger partial charge in [-0.05, 0) is 18.2 Å². The van der Waals surface area contributed by atoms with Crippen LogP contribution >= 0.6 is 11.6 Å². The normalized spacial score (nSPS) is 17.4. The number of anilines is 1. The van der Waals surface area contributed by atoms with Crippen LogP contribution in [-0.4, -0.2) is 10.9 Å². The summed E-state index contributed by atoms with van der Waals surface area (Å²) < 4.78 is 14.3. The largest absolute Gasteiger partial charge is 0.356 e. The number of para-hydroxylation sites is 1. The highest BCUT2D eigenvalue weighted by molar-refractivity contribution is 6.31. The van der Waals surface area contributed by atoms with Gasteiger partial charge in [0.1, 0.15) is 5.82 Å². The molecule has 0 saturated heterocycles. The van der Waals surface area contributed by atoms with Crippen LogP contribution in [-0.2, 0) is 4.79 Å². The second-order valence-electron chi connectivity index (χ2n) is 5.40. The van der Waals surface area contributed by atoms with E-state index in [2.05, 4.69) is 10.3 Å². The minimum atomic E-state index is -0.412. The number of carbonyl (C=O) groups is 1. The van der Waals surface area contributed by atoms with E-state index in [1.807, 2.05) is 24.3 Å². The number of hydrogen-bond donors (Lipinski definition) is 2. The van der Waals surface area contributed by atoms with Crippen LogP contribution in [0.3, 0.4) is 0 Å². The molecule has 0 spiro atoms. The van der Waals surface area contributed by atoms with Gasteiger partial charge < -0.3 is 10.3 Å². The van der Waals surface area contributed by atoms with Gasteiger partial charge in [-0.1, -0.05) is 35.9 Å². The number of fused-ring (bicyclic) bond motifs is 3. The standard InChI is InChI=1S/C17H12ClFN2O/c18-11-5-3-6-12(19)15(11)10-8-14(22)21-16-9-4-1-2-7-13(9)20-17(10)16/h1-7,10,20H,8H2,(H,21,22). The Labute approximate surface area is 131 Å². The van der Waals surface area contributed by atoms with Crippen LogP contribution in [0, 0.1) is 5.82 Å². The molecule has 1 unspecified atom stereocenters. The van der Waals surface area contributed by atoms with Crippen LogP contribution < -0.4 is 5.32 Å². The maximum Gasteiger partial charge on any atom is 0.225 e. The van der Waals surface area contributed by atoms with Gasteiger partial charge in [-0.15, -0.1) is 0 Å². The molecule has 2 aromatic carbocycles. The molecule has 0 radical (unpaired) electrons. The molecule has 0 fully saturated rings. The maximum atomic E-state index is 14.3. The first-order chi connectivity index (χ1) is 10.6. The zero-order valence-corrected chi connectivity index (χ0v) is 12.2. The predicted octanol–water partition coefficient (Wildman–Crippen LogP) is 4.43. The Bertz CT molecular complexity index is 883. The van der Waals surface area contributed by atoms with Crippen LogP contribution in [0.4, 0.5) is 10.1 Å². The number of rotatable bonds is 1. The zero-order chi connectivity index (χ0) is 15.3. The highest BCUT2D eigenvalue weighted by Gasteiger charge is 2.32. The van der Waals surface area contributed by atoms with Gasteiger partial charge in [-0.3, -0.25) is 4.79 Å². The molecule has 2 heterocycles. The first-order valence-corrected chi connectivity index (χ1v) is 7.37. The van der Waals surface area contributed by atoms with E-state index in [4.69, 9.17) is 11.6 Å². The highest BCUT2D eigenvalue weighted by atomic mass is 35.5. The summed E-state index contributed by atoms with van der Waals surface area (Å²) in [5.74, 6) is -0.941. The number of H-pyrrole nitrogens is 1. The number of benzene rings is 2. The molecule has 1 amide bonds. The smallest absolute Gasteiger partial charge is 0.225 e. The van der Waals surface area contributed by atoms with Crippen LogP contribution in [0.25, 0.3) is 10.9 Å². The quantitative estimate of drug-likeness (QED) is 0.685. The third kappa shape index (κ3) is 1.91. The van der Waals surface area contributed by atoms with Crippen molar-refractivity contribution in [2.45, 2.75) is 12.3 Å². The number of hydrogen-bond acceptors (Lipinski definition) is 1. The van der Waals surface area contributed by atoms with E-state index in [1.165, 1.54) is 6.07 Å². The Morgan fingerprint density at radius 2 is 1.95 bits per heavy atom. The lowest BCUT2D eigenvalue weighted by Gasteiger charge is -2.24. The second-order valence-corrected chi connectivity index (χ2v) is 5.81. The van der Waals surface area contributed by atoms with Crippen LogP contribution in [0.2, 0.25) is 5.02 Å². The molecular weight excluding hydrogens is 303 g/mol. The summed E-state index contributed by atoms with van der Waals surface area (Å²) in [4.78, 5) is 15.4. The molecule has 3 aromatic rings. The lowest BCUT2D eigenvalue weighted by Crippen LogP contribution is -2.23. The molecule has 2 N–H and O–H groups in total. The molecule has 4 rings (SSSR count). The van der Waals surface area contributed by atoms with Gasteiger partial charge in [-0.25, -0.2) is 4.39 Å². The number of halogens is 2. The van der Waals surface area contributed by atoms with Crippen molar-refractivity contribution in [1.29, 1.82) is 0 Å². The van der Waals surface area contributed by atoms with E-state index in [0.717, 1.165) is 22.3 Å². The van der Waals surface area contributed by atoms with Crippen LogP contribution in [0.5, 0.6) is 0 Å². The summed E-state index contributed by atoms with van der Waals surface area (Å²) in [5, 5.41) is 4.14. The number of carbonyl (C=O) groups excluding carboxylic acids is 1. The molecule has 5 heteroatoms. The van der Waals surface area contributed by atoms with Crippen molar-refractivity contribution in [3.63, 3.8) is 0 Å². The van der Waals surface area contributed by atoms with Gasteiger partial charge in [-0.2, -0.15) is 0 Å². The Morgan fingerprint density at radius 1 is 1.14 bits per heavy atom. The fourth-order valence-corrected chi connectivity index (χ4v) is 3.42. The average Bonchev–Trinajstić information content (AvgIpc) is 2.86. The molecule has 22 heavy (non-hydrogen) atoms. The maximum absolute atomic E-state index is 14.3. The predicted molar refractivity (Wildman–Crippen MR) is 84.8 cm³/mol. The van der Waals surface area contributed by atoms with Crippen molar-refractivity contribution in [3.8, 4) is 0 Å². The number of amides is 1. The van der Waals surface area contributed by atoms with Gasteiger partial charge >= 0.3 is 0 Å². The Balaban J connectivity index is 1.98. The lowest BCUT2D eigenvalue weighted by atomic mass is 9.88. The van der Waals surface area contributed by atoms with E-state index in [9.17, 15) is 9.18 Å². The highest BCUT2D eigenvalue weighted by Crippen LogP contribution is 2.43. The van der Waals surface area contributed by atoms with Crippen molar-refractivity contribution >= 4 is 34.1 Å². The lowest BCUT2D eigenvalue weighted by molar-refractivity contribution is -0.116. The molecule has 110 valence electrons. The Kier molecular flexibility index (Phi) is 2.94. The second kappa shape index (κ2) is 4.85. The van der Waals surface area contributed by atoms with E-state index in [0.29, 0.717) is 10.6 Å². The van der Waals surface area contributed by atoms with Crippen molar-refractivity contribution in [3.05, 3.63) is 64.6 Å². The molecule has 1 aliphatic heterocycles. The molecule has 0 saturated carbocycles. The van der Waals surface area contributed by atoms with E-state index < -0.39 is 11.7 Å². The molecule has 0 aliphatic carbocycles. The van der Waals surface area contributed by atoms with E-state index in [-0.39, 0.29) is 12.3 Å². The zero-order valence-electron chi connectivity index (χ0n) is 11.5. The number of aromatic amines is 1. The first kappa shape index (κ1) is 13.3. The van der Waals surface area contributed by atoms with Crippen molar-refractivity contribution in [1.82, 2.24) is 4.98 Å². The van der Waals surface area contributed by atoms with Crippen molar-refractivity contribution in [2.75, 3.05) is 5.32 Å². The molecule has 1 aliphatic rings. The minimum Gasteiger partial charge on any atom is -0.356 e. The Morgan fingerprint density at radius 3 is 2.77 bits per heavy atom. The topological polar surface area (TPSA) is 44.9 Å². The summed E-state index contributed by atoms with van der Waals surface area (Å²) in [6.45, 7) is 0. The third-order valence-electron chi connectivity index (χ3n) is 4.09. The molecule has 1 aromatic heterocycles. The average molecular weight is 315 g/mol. The third-order valence-corrected chi connectivity index (χ3v) is 4.42. The number of nitrogens with one attached hydrogen (secondary N) is 2. The monoisotopic (exact) mass is 314 g/mol. The summed E-state index contributed by atoms with van der Waals surface area (Å²) in [6.07, 6.45) is 0.167. The summed E-state index contributed by atoms with van der Waals surface area (Å²) in [7, 11) is 0. The number of aromatic nitrogens is 1. The van der Waals surface area contributed by atoms with E-state index >= 15 is 0 Å². The molecule has 1 atom stereocenters. The summed E-state index contributed by atoms with van der Waals surface area (Å²) in [5.41, 5.74) is 2.79. The van der Waals surface area contributed by atoms with E-state index in [1.54, 1.807) is 12.1 Å². The van der Waals surface area contributed by atoms with Gasteiger partial charge in [0.2, 0.25) is 5.91 Å². The Hall–Kier alpha value is -2.33. The fraction of sp³-hybridized carbons (Fsp3) is 0.118. The first-order valence-electron chi connectivity index (χ1n) is 6.99. The van der Waals surface area contributed by atoms with Gasteiger partial charge in [0, 0.05) is 39.5 Å². The van der Waals surface area contributed by atoms with Gasteiger partial charge in [0.15, 0.2) is 0 Å². The van der Waals surface area contributed by atoms with Gasteiger partial charge in [0.25, 0.3) is 0 Å². The minimum absolute atomic E-state index is 0.137. The fourth-order valence-electron chi connectivity index (χ4n) is 3.13. The van der Waals surface area contributed by atoms with Gasteiger partial charge in [0.05, 0.1) is 5.69 Å². The van der Waals surface area contributed by atoms with Crippen LogP contribution in [0.1, 0.15) is 23.6 Å².